The highest BCUT2D eigenvalue weighted by Gasteiger charge is 2.25. The third kappa shape index (κ3) is 4.21. The predicted octanol–water partition coefficient (Wildman–Crippen LogP) is 6.95. The zero-order valence-electron chi connectivity index (χ0n) is 17.6. The molecule has 5 rings (SSSR count). The fourth-order valence-corrected chi connectivity index (χ4v) is 4.54. The van der Waals surface area contributed by atoms with Gasteiger partial charge < -0.3 is 14.8 Å². The summed E-state index contributed by atoms with van der Waals surface area (Å²) >= 11 is 6.56. The number of rotatable bonds is 5. The number of H-pyrrole nitrogens is 1. The van der Waals surface area contributed by atoms with Gasteiger partial charge in [-0.25, -0.2) is 4.98 Å². The number of allylic oxidation sites excluding steroid dienone is 1. The van der Waals surface area contributed by atoms with Crippen LogP contribution in [0.5, 0.6) is 6.01 Å². The number of pyridine rings is 1. The van der Waals surface area contributed by atoms with Crippen LogP contribution in [0, 0.1) is 5.92 Å². The highest BCUT2D eigenvalue weighted by Crippen LogP contribution is 2.33. The van der Waals surface area contributed by atoms with Crippen LogP contribution in [-0.4, -0.2) is 26.2 Å². The van der Waals surface area contributed by atoms with Crippen molar-refractivity contribution in [2.24, 2.45) is 5.92 Å². The Hall–Kier alpha value is -3.31. The second-order valence-corrected chi connectivity index (χ2v) is 8.67. The smallest absolute Gasteiger partial charge is 0.296 e. The molecule has 0 saturated heterocycles. The second kappa shape index (κ2) is 8.67. The third-order valence-corrected chi connectivity index (χ3v) is 6.38. The van der Waals surface area contributed by atoms with Gasteiger partial charge in [-0.05, 0) is 42.9 Å². The number of fused-ring (bicyclic) bond motifs is 1. The summed E-state index contributed by atoms with van der Waals surface area (Å²) in [5.41, 5.74) is 5.25. The number of aliphatic hydroxyl groups is 1. The Labute approximate surface area is 191 Å². The number of halogens is 1. The Morgan fingerprint density at radius 3 is 2.28 bits per heavy atom. The van der Waals surface area contributed by atoms with Crippen molar-refractivity contribution in [3.63, 3.8) is 0 Å². The van der Waals surface area contributed by atoms with E-state index in [0.29, 0.717) is 22.4 Å². The van der Waals surface area contributed by atoms with E-state index in [1.807, 2.05) is 36.4 Å². The van der Waals surface area contributed by atoms with Crippen molar-refractivity contribution in [3.05, 3.63) is 78.0 Å². The molecule has 1 fully saturated rings. The van der Waals surface area contributed by atoms with E-state index in [4.69, 9.17) is 21.3 Å². The molecular weight excluding hydrogens is 422 g/mol. The van der Waals surface area contributed by atoms with Crippen molar-refractivity contribution in [1.82, 2.24) is 15.0 Å². The quantitative estimate of drug-likeness (QED) is 0.326. The van der Waals surface area contributed by atoms with E-state index in [1.165, 1.54) is 5.56 Å². The Kier molecular flexibility index (Phi) is 5.58. The van der Waals surface area contributed by atoms with Crippen LogP contribution < -0.4 is 4.74 Å². The number of hydrogen-bond donors (Lipinski definition) is 2. The van der Waals surface area contributed by atoms with Crippen LogP contribution in [0.2, 0.25) is 5.02 Å². The van der Waals surface area contributed by atoms with Crippen LogP contribution in [0.3, 0.4) is 0 Å². The summed E-state index contributed by atoms with van der Waals surface area (Å²) in [6.45, 7) is 3.65. The van der Waals surface area contributed by atoms with Gasteiger partial charge in [-0.15, -0.1) is 0 Å². The van der Waals surface area contributed by atoms with Gasteiger partial charge in [-0.3, -0.25) is 0 Å². The lowest BCUT2D eigenvalue weighted by atomic mass is 9.86. The third-order valence-electron chi connectivity index (χ3n) is 6.09. The van der Waals surface area contributed by atoms with E-state index < -0.39 is 0 Å². The highest BCUT2D eigenvalue weighted by molar-refractivity contribution is 6.33. The maximum atomic E-state index is 9.59. The number of aliphatic hydroxyl groups excluding tert-OH is 1. The Balaban J connectivity index is 1.35. The van der Waals surface area contributed by atoms with E-state index in [0.717, 1.165) is 42.3 Å². The predicted molar refractivity (Wildman–Crippen MR) is 128 cm³/mol. The first-order chi connectivity index (χ1) is 15.6. The van der Waals surface area contributed by atoms with Gasteiger partial charge in [0.05, 0.1) is 22.0 Å². The Morgan fingerprint density at radius 2 is 1.59 bits per heavy atom. The fourth-order valence-electron chi connectivity index (χ4n) is 4.28. The van der Waals surface area contributed by atoms with Crippen LogP contribution in [0.25, 0.3) is 33.5 Å². The van der Waals surface area contributed by atoms with Crippen LogP contribution in [0.4, 0.5) is 0 Å². The number of nitrogens with zero attached hydrogens (tertiary/aromatic N) is 2. The van der Waals surface area contributed by atoms with Crippen molar-refractivity contribution < 1.29 is 9.84 Å². The summed E-state index contributed by atoms with van der Waals surface area (Å²) in [6.07, 6.45) is 3.51. The Morgan fingerprint density at radius 1 is 0.938 bits per heavy atom. The molecule has 32 heavy (non-hydrogen) atoms. The molecule has 162 valence electrons. The lowest BCUT2D eigenvalue weighted by Gasteiger charge is -2.27. The molecule has 1 aliphatic rings. The van der Waals surface area contributed by atoms with E-state index in [1.54, 1.807) is 0 Å². The standard InChI is InChI=1S/C26H24ClN3O2/c1-16(31)17-11-13-21(14-12-17)32-26-28-23-15-22(27)24(29-25(23)30-26)20-9-7-19(8-10-20)18-5-3-2-4-6-18/h2-10,15,17,21,31H,1,11-14H2,(H,28,29,30). The molecule has 4 aromatic rings. The van der Waals surface area contributed by atoms with Gasteiger partial charge in [-0.2, -0.15) is 4.98 Å². The summed E-state index contributed by atoms with van der Waals surface area (Å²) in [4.78, 5) is 12.4. The van der Waals surface area contributed by atoms with Gasteiger partial charge in [0.25, 0.3) is 6.01 Å². The van der Waals surface area contributed by atoms with Gasteiger partial charge in [0, 0.05) is 11.5 Å². The van der Waals surface area contributed by atoms with Gasteiger partial charge in [0.2, 0.25) is 0 Å². The first-order valence-corrected chi connectivity index (χ1v) is 11.2. The number of aromatic nitrogens is 3. The maximum absolute atomic E-state index is 9.59. The monoisotopic (exact) mass is 445 g/mol. The normalized spacial score (nSPS) is 18.5. The summed E-state index contributed by atoms with van der Waals surface area (Å²) in [5, 5.41) is 10.2. The van der Waals surface area contributed by atoms with Gasteiger partial charge in [-0.1, -0.05) is 72.8 Å². The summed E-state index contributed by atoms with van der Waals surface area (Å²) in [5.74, 6) is 0.442. The van der Waals surface area contributed by atoms with Crippen molar-refractivity contribution in [2.45, 2.75) is 31.8 Å². The minimum absolute atomic E-state index is 0.0617. The molecule has 0 aliphatic heterocycles. The minimum Gasteiger partial charge on any atom is -0.513 e. The molecule has 0 amide bonds. The number of imidazole rings is 1. The summed E-state index contributed by atoms with van der Waals surface area (Å²) in [6, 6.07) is 20.7. The SMILES string of the molecule is C=C(O)C1CCC(Oc2nc3nc(-c4ccc(-c5ccccc5)cc4)c(Cl)cc3[nH]2)CC1. The molecule has 0 radical (unpaired) electrons. The average molecular weight is 446 g/mol. The van der Waals surface area contributed by atoms with Crippen molar-refractivity contribution in [1.29, 1.82) is 0 Å². The number of hydrogen-bond acceptors (Lipinski definition) is 4. The summed E-state index contributed by atoms with van der Waals surface area (Å²) < 4.78 is 6.06. The molecule has 2 aromatic carbocycles. The molecule has 6 heteroatoms. The van der Waals surface area contributed by atoms with Gasteiger partial charge in [0.15, 0.2) is 5.65 Å². The number of benzene rings is 2. The first kappa shape index (κ1) is 20.6. The molecule has 2 heterocycles. The van der Waals surface area contributed by atoms with E-state index in [-0.39, 0.29) is 17.8 Å². The lowest BCUT2D eigenvalue weighted by Crippen LogP contribution is -2.25. The summed E-state index contributed by atoms with van der Waals surface area (Å²) in [7, 11) is 0. The van der Waals surface area contributed by atoms with Crippen LogP contribution in [0.15, 0.2) is 73.0 Å². The van der Waals surface area contributed by atoms with Gasteiger partial charge in [0.1, 0.15) is 6.10 Å². The lowest BCUT2D eigenvalue weighted by molar-refractivity contribution is 0.118. The van der Waals surface area contributed by atoms with Crippen molar-refractivity contribution >= 4 is 22.8 Å². The van der Waals surface area contributed by atoms with Crippen LogP contribution in [0.1, 0.15) is 25.7 Å². The molecule has 0 unspecified atom stereocenters. The molecule has 1 saturated carbocycles. The number of aromatic amines is 1. The molecule has 0 bridgehead atoms. The van der Waals surface area contributed by atoms with E-state index in [2.05, 4.69) is 40.8 Å². The van der Waals surface area contributed by atoms with E-state index >= 15 is 0 Å². The van der Waals surface area contributed by atoms with Crippen molar-refractivity contribution in [2.75, 3.05) is 0 Å². The average Bonchev–Trinajstić information content (AvgIpc) is 3.20. The fraction of sp³-hybridized carbons (Fsp3) is 0.231. The molecule has 0 atom stereocenters. The molecular formula is C26H24ClN3O2. The highest BCUT2D eigenvalue weighted by atomic mass is 35.5. The van der Waals surface area contributed by atoms with E-state index in [9.17, 15) is 5.11 Å². The largest absolute Gasteiger partial charge is 0.513 e. The molecule has 1 aliphatic carbocycles. The second-order valence-electron chi connectivity index (χ2n) is 8.26. The molecule has 5 nitrogen and oxygen atoms in total. The molecule has 0 spiro atoms. The zero-order valence-corrected chi connectivity index (χ0v) is 18.3. The van der Waals surface area contributed by atoms with Crippen LogP contribution in [-0.2, 0) is 0 Å². The molecule has 2 aromatic heterocycles. The maximum Gasteiger partial charge on any atom is 0.296 e. The Bertz CT molecular complexity index is 1240. The number of ether oxygens (including phenoxy) is 1. The minimum atomic E-state index is 0.0617. The molecule has 2 N–H and O–H groups in total. The number of nitrogens with one attached hydrogen (secondary N) is 1. The van der Waals surface area contributed by atoms with Gasteiger partial charge >= 0.3 is 0 Å². The van der Waals surface area contributed by atoms with Crippen molar-refractivity contribution in [3.8, 4) is 28.4 Å². The van der Waals surface area contributed by atoms with Crippen LogP contribution >= 0.6 is 11.6 Å². The first-order valence-electron chi connectivity index (χ1n) is 10.8. The topological polar surface area (TPSA) is 71.0 Å². The zero-order chi connectivity index (χ0) is 22.1.